The van der Waals surface area contributed by atoms with Crippen LogP contribution in [0.2, 0.25) is 0 Å². The molecular formula is C21H15F4N3O5. The maximum atomic E-state index is 13.2. The molecule has 0 atom stereocenters. The smallest absolute Gasteiger partial charge is 0.422 e. The van der Waals surface area contributed by atoms with E-state index >= 15 is 0 Å². The Bertz CT molecular complexity index is 1150. The minimum atomic E-state index is -4.61. The Balaban J connectivity index is 1.66. The van der Waals surface area contributed by atoms with E-state index < -0.39 is 40.7 Å². The maximum absolute atomic E-state index is 13.2. The van der Waals surface area contributed by atoms with Crippen molar-refractivity contribution >= 4 is 11.6 Å². The topological polar surface area (TPSA) is 104 Å². The van der Waals surface area contributed by atoms with Gasteiger partial charge >= 0.3 is 6.18 Å². The molecule has 1 heterocycles. The molecule has 0 radical (unpaired) electrons. The van der Waals surface area contributed by atoms with Crippen LogP contribution in [-0.2, 0) is 6.54 Å². The number of rotatable bonds is 8. The van der Waals surface area contributed by atoms with Crippen LogP contribution in [0.15, 0.2) is 60.8 Å². The van der Waals surface area contributed by atoms with Gasteiger partial charge in [-0.15, -0.1) is 0 Å². The third-order valence-corrected chi connectivity index (χ3v) is 4.08. The number of pyridine rings is 1. The van der Waals surface area contributed by atoms with Crippen molar-refractivity contribution in [3.8, 4) is 17.4 Å². The van der Waals surface area contributed by atoms with Crippen LogP contribution in [0.5, 0.6) is 17.4 Å². The minimum absolute atomic E-state index is 0.0864. The van der Waals surface area contributed by atoms with E-state index in [1.54, 1.807) is 12.1 Å². The average molecular weight is 465 g/mol. The summed E-state index contributed by atoms with van der Waals surface area (Å²) >= 11 is 0. The highest BCUT2D eigenvalue weighted by Crippen LogP contribution is 2.26. The molecule has 0 unspecified atom stereocenters. The molecule has 1 aromatic heterocycles. The summed E-state index contributed by atoms with van der Waals surface area (Å²) in [7, 11) is 0. The molecule has 12 heteroatoms. The predicted octanol–water partition coefficient (Wildman–Crippen LogP) is 4.79. The normalized spacial score (nSPS) is 11.0. The van der Waals surface area contributed by atoms with Crippen molar-refractivity contribution in [3.63, 3.8) is 0 Å². The Labute approximate surface area is 183 Å². The Hall–Kier alpha value is -4.22. The van der Waals surface area contributed by atoms with Gasteiger partial charge in [0.05, 0.1) is 4.92 Å². The van der Waals surface area contributed by atoms with Crippen molar-refractivity contribution in [2.24, 2.45) is 0 Å². The van der Waals surface area contributed by atoms with E-state index in [-0.39, 0.29) is 23.9 Å². The Morgan fingerprint density at radius 3 is 2.52 bits per heavy atom. The van der Waals surface area contributed by atoms with Crippen LogP contribution in [0, 0.1) is 15.9 Å². The summed E-state index contributed by atoms with van der Waals surface area (Å²) in [4.78, 5) is 26.9. The molecule has 0 bridgehead atoms. The predicted molar refractivity (Wildman–Crippen MR) is 107 cm³/mol. The van der Waals surface area contributed by atoms with Crippen LogP contribution in [0.1, 0.15) is 15.9 Å². The van der Waals surface area contributed by atoms with E-state index in [4.69, 9.17) is 4.74 Å². The lowest BCUT2D eigenvalue weighted by atomic mass is 10.1. The number of amides is 1. The second-order valence-electron chi connectivity index (χ2n) is 6.59. The van der Waals surface area contributed by atoms with Crippen LogP contribution in [-0.4, -0.2) is 28.6 Å². The Morgan fingerprint density at radius 1 is 1.09 bits per heavy atom. The summed E-state index contributed by atoms with van der Waals surface area (Å²) in [6, 6.07) is 11.2. The van der Waals surface area contributed by atoms with Gasteiger partial charge in [0.2, 0.25) is 5.88 Å². The van der Waals surface area contributed by atoms with Crippen molar-refractivity contribution in [1.82, 2.24) is 10.3 Å². The molecule has 172 valence electrons. The van der Waals surface area contributed by atoms with Crippen LogP contribution >= 0.6 is 0 Å². The lowest BCUT2D eigenvalue weighted by molar-refractivity contribution is -0.385. The van der Waals surface area contributed by atoms with Gasteiger partial charge in [0.1, 0.15) is 22.9 Å². The number of nitro benzene ring substituents is 1. The Morgan fingerprint density at radius 2 is 1.88 bits per heavy atom. The van der Waals surface area contributed by atoms with E-state index in [0.29, 0.717) is 5.56 Å². The number of hydrogen-bond donors (Lipinski definition) is 1. The maximum Gasteiger partial charge on any atom is 0.422 e. The Kier molecular flexibility index (Phi) is 7.06. The summed E-state index contributed by atoms with van der Waals surface area (Å²) in [6.45, 7) is -1.70. The first-order chi connectivity index (χ1) is 15.6. The van der Waals surface area contributed by atoms with Gasteiger partial charge in [-0.25, -0.2) is 9.37 Å². The number of halogens is 4. The lowest BCUT2D eigenvalue weighted by Gasteiger charge is -2.11. The quantitative estimate of drug-likeness (QED) is 0.291. The van der Waals surface area contributed by atoms with Gasteiger partial charge in [0.25, 0.3) is 11.6 Å². The molecule has 2 aromatic carbocycles. The molecular weight excluding hydrogens is 450 g/mol. The zero-order valence-corrected chi connectivity index (χ0v) is 16.6. The van der Waals surface area contributed by atoms with Crippen LogP contribution < -0.4 is 14.8 Å². The molecule has 1 N–H and O–H groups in total. The molecule has 1 amide bonds. The fourth-order valence-corrected chi connectivity index (χ4v) is 2.62. The van der Waals surface area contributed by atoms with Gasteiger partial charge in [0.15, 0.2) is 6.61 Å². The van der Waals surface area contributed by atoms with Crippen LogP contribution in [0.25, 0.3) is 0 Å². The lowest BCUT2D eigenvalue weighted by Crippen LogP contribution is -2.24. The largest absolute Gasteiger partial charge is 0.484 e. The van der Waals surface area contributed by atoms with E-state index in [2.05, 4.69) is 15.0 Å². The van der Waals surface area contributed by atoms with Crippen LogP contribution in [0.4, 0.5) is 23.2 Å². The average Bonchev–Trinajstić information content (AvgIpc) is 2.76. The van der Waals surface area contributed by atoms with Crippen molar-refractivity contribution < 1.29 is 36.8 Å². The van der Waals surface area contributed by atoms with Crippen molar-refractivity contribution in [1.29, 1.82) is 0 Å². The van der Waals surface area contributed by atoms with Crippen LogP contribution in [0.3, 0.4) is 0 Å². The molecule has 8 nitrogen and oxygen atoms in total. The highest BCUT2D eigenvalue weighted by molar-refractivity contribution is 5.98. The highest BCUT2D eigenvalue weighted by atomic mass is 19.4. The molecule has 0 fully saturated rings. The second kappa shape index (κ2) is 9.94. The number of nitrogens with zero attached hydrogens (tertiary/aromatic N) is 2. The van der Waals surface area contributed by atoms with Gasteiger partial charge in [-0.1, -0.05) is 12.1 Å². The van der Waals surface area contributed by atoms with Gasteiger partial charge in [-0.2, -0.15) is 13.2 Å². The number of nitro groups is 1. The summed E-state index contributed by atoms with van der Waals surface area (Å²) in [5.41, 5.74) is -0.551. The van der Waals surface area contributed by atoms with Crippen molar-refractivity contribution in [2.45, 2.75) is 12.7 Å². The summed E-state index contributed by atoms with van der Waals surface area (Å²) in [5.74, 6) is -1.30. The number of hydrogen-bond acceptors (Lipinski definition) is 6. The minimum Gasteiger partial charge on any atom is -0.484 e. The standard InChI is InChI=1S/C21H15F4N3O5/c22-14-2-1-3-16(8-14)33-19-7-4-13(10-26-19)11-27-20(29)17-9-15(32-12-21(23,24)25)5-6-18(17)28(30)31/h1-10H,11-12H2,(H,27,29). The number of benzene rings is 2. The number of aromatic nitrogens is 1. The number of alkyl halides is 3. The third kappa shape index (κ3) is 6.89. The number of carbonyl (C=O) groups is 1. The zero-order chi connectivity index (χ0) is 24.0. The fourth-order valence-electron chi connectivity index (χ4n) is 2.62. The summed E-state index contributed by atoms with van der Waals surface area (Å²) in [6.07, 6.45) is -3.24. The van der Waals surface area contributed by atoms with Gasteiger partial charge < -0.3 is 14.8 Å². The number of carbonyl (C=O) groups excluding carboxylic acids is 1. The highest BCUT2D eigenvalue weighted by Gasteiger charge is 2.29. The van der Waals surface area contributed by atoms with E-state index in [0.717, 1.165) is 18.2 Å². The zero-order valence-electron chi connectivity index (χ0n) is 16.6. The summed E-state index contributed by atoms with van der Waals surface area (Å²) in [5, 5.41) is 13.6. The molecule has 33 heavy (non-hydrogen) atoms. The van der Waals surface area contributed by atoms with Crippen molar-refractivity contribution in [3.05, 3.63) is 87.9 Å². The number of ether oxygens (including phenoxy) is 2. The van der Waals surface area contributed by atoms with E-state index in [1.165, 1.54) is 30.5 Å². The van der Waals surface area contributed by atoms with E-state index in [1.807, 2.05) is 0 Å². The third-order valence-electron chi connectivity index (χ3n) is 4.08. The van der Waals surface area contributed by atoms with Gasteiger partial charge in [-0.3, -0.25) is 14.9 Å². The molecule has 0 spiro atoms. The first-order valence-corrected chi connectivity index (χ1v) is 9.25. The van der Waals surface area contributed by atoms with E-state index in [9.17, 15) is 32.5 Å². The molecule has 0 aliphatic heterocycles. The first kappa shape index (κ1) is 23.4. The molecule has 0 aliphatic rings. The monoisotopic (exact) mass is 465 g/mol. The molecule has 3 rings (SSSR count). The molecule has 0 saturated carbocycles. The fraction of sp³-hybridized carbons (Fsp3) is 0.143. The summed E-state index contributed by atoms with van der Waals surface area (Å²) < 4.78 is 60.2. The molecule has 0 aliphatic carbocycles. The van der Waals surface area contributed by atoms with Gasteiger partial charge in [-0.05, 0) is 29.8 Å². The molecule has 0 saturated heterocycles. The van der Waals surface area contributed by atoms with Gasteiger partial charge in [0, 0.05) is 30.9 Å². The SMILES string of the molecule is O=C(NCc1ccc(Oc2cccc(F)c2)nc1)c1cc(OCC(F)(F)F)ccc1[N+](=O)[O-]. The first-order valence-electron chi connectivity index (χ1n) is 9.25. The second-order valence-corrected chi connectivity index (χ2v) is 6.59. The van der Waals surface area contributed by atoms with Crippen molar-refractivity contribution in [2.75, 3.05) is 6.61 Å². The number of nitrogens with one attached hydrogen (secondary N) is 1. The molecule has 3 aromatic rings.